The van der Waals surface area contributed by atoms with Crippen molar-refractivity contribution in [3.8, 4) is 0 Å². The van der Waals surface area contributed by atoms with Crippen LogP contribution in [0.25, 0.3) is 0 Å². The molecule has 0 unspecified atom stereocenters. The number of carboxylic acids is 1. The summed E-state index contributed by atoms with van der Waals surface area (Å²) in [6, 6.07) is -1.86. The molecule has 3 amide bonds. The predicted octanol–water partition coefficient (Wildman–Crippen LogP) is 0.0731. The Kier molecular flexibility index (Phi) is 10.5. The Morgan fingerprint density at radius 2 is 1.65 bits per heavy atom. The van der Waals surface area contributed by atoms with E-state index in [1.807, 2.05) is 20.8 Å². The maximum atomic E-state index is 12.9. The summed E-state index contributed by atoms with van der Waals surface area (Å²) in [4.78, 5) is 49.9. The number of nitrogens with zero attached hydrogens (tertiary/aromatic N) is 2. The molecule has 0 fully saturated rings. The zero-order valence-electron chi connectivity index (χ0n) is 16.2. The third kappa shape index (κ3) is 7.81. The van der Waals surface area contributed by atoms with Crippen LogP contribution in [0.3, 0.4) is 0 Å². The van der Waals surface area contributed by atoms with E-state index in [0.29, 0.717) is 12.8 Å². The number of ether oxygens (including phenoxy) is 1. The topological polar surface area (TPSA) is 130 Å². The molecule has 0 bridgehead atoms. The van der Waals surface area contributed by atoms with Crippen molar-refractivity contribution in [1.82, 2.24) is 9.80 Å². The third-order valence-corrected chi connectivity index (χ3v) is 3.95. The van der Waals surface area contributed by atoms with Gasteiger partial charge < -0.3 is 25.4 Å². The Hall–Kier alpha value is -2.16. The van der Waals surface area contributed by atoms with E-state index in [-0.39, 0.29) is 24.9 Å². The van der Waals surface area contributed by atoms with Gasteiger partial charge in [-0.15, -0.1) is 0 Å². The van der Waals surface area contributed by atoms with E-state index in [1.165, 1.54) is 23.9 Å². The molecule has 3 N–H and O–H groups in total. The first kappa shape index (κ1) is 23.8. The molecule has 0 aliphatic heterocycles. The summed E-state index contributed by atoms with van der Waals surface area (Å²) < 4.78 is 5.04. The van der Waals surface area contributed by atoms with Crippen LogP contribution < -0.4 is 5.73 Å². The summed E-state index contributed by atoms with van der Waals surface area (Å²) in [5, 5.41) is 8.70. The lowest BCUT2D eigenvalue weighted by molar-refractivity contribution is -0.152. The lowest BCUT2D eigenvalue weighted by Gasteiger charge is -2.34. The van der Waals surface area contributed by atoms with Gasteiger partial charge in [0.25, 0.3) is 0 Å². The minimum absolute atomic E-state index is 0.129. The Bertz CT molecular complexity index is 509. The average molecular weight is 373 g/mol. The monoisotopic (exact) mass is 373 g/mol. The second-order valence-corrected chi connectivity index (χ2v) is 6.68. The number of primary amides is 1. The molecular formula is C17H31N3O6. The minimum Gasteiger partial charge on any atom is -0.480 e. The molecule has 2 atom stereocenters. The molecule has 9 heteroatoms. The van der Waals surface area contributed by atoms with Gasteiger partial charge in [0.1, 0.15) is 18.7 Å². The van der Waals surface area contributed by atoms with Gasteiger partial charge in [0.15, 0.2) is 0 Å². The Balaban J connectivity index is 5.40. The molecule has 0 heterocycles. The molecule has 0 saturated carbocycles. The molecule has 0 rings (SSSR count). The first-order valence-electron chi connectivity index (χ1n) is 8.64. The average Bonchev–Trinajstić information content (AvgIpc) is 2.54. The number of likely N-dealkylation sites (N-methyl/N-ethyl adjacent to an activating group) is 2. The van der Waals surface area contributed by atoms with Crippen molar-refractivity contribution in [3.63, 3.8) is 0 Å². The zero-order chi connectivity index (χ0) is 20.4. The van der Waals surface area contributed by atoms with Crippen LogP contribution in [0, 0.1) is 5.92 Å². The fraction of sp³-hybridized carbons (Fsp3) is 0.765. The number of amides is 3. The largest absolute Gasteiger partial charge is 0.480 e. The van der Waals surface area contributed by atoms with Gasteiger partial charge in [0.05, 0.1) is 6.61 Å². The molecule has 0 aromatic heterocycles. The highest BCUT2D eigenvalue weighted by atomic mass is 16.5. The summed E-state index contributed by atoms with van der Waals surface area (Å²) in [7, 11) is 2.91. The third-order valence-electron chi connectivity index (χ3n) is 3.95. The van der Waals surface area contributed by atoms with Gasteiger partial charge in [-0.1, -0.05) is 20.8 Å². The van der Waals surface area contributed by atoms with Crippen molar-refractivity contribution in [2.24, 2.45) is 11.7 Å². The molecule has 9 nitrogen and oxygen atoms in total. The number of carbonyl (C=O) groups is 4. The molecule has 0 saturated heterocycles. The van der Waals surface area contributed by atoms with Crippen LogP contribution in [0.15, 0.2) is 0 Å². The second kappa shape index (κ2) is 11.5. The molecule has 0 radical (unpaired) electrons. The smallest absolute Gasteiger partial charge is 0.329 e. The molecule has 0 spiro atoms. The van der Waals surface area contributed by atoms with Crippen molar-refractivity contribution >= 4 is 23.7 Å². The van der Waals surface area contributed by atoms with Gasteiger partial charge in [0, 0.05) is 20.5 Å². The lowest BCUT2D eigenvalue weighted by atomic mass is 10.0. The van der Waals surface area contributed by atoms with E-state index in [0.717, 1.165) is 0 Å². The van der Waals surface area contributed by atoms with Crippen molar-refractivity contribution in [1.29, 1.82) is 0 Å². The highest BCUT2D eigenvalue weighted by Gasteiger charge is 2.34. The maximum Gasteiger partial charge on any atom is 0.329 e. The van der Waals surface area contributed by atoms with Gasteiger partial charge in [0.2, 0.25) is 17.7 Å². The molecule has 26 heavy (non-hydrogen) atoms. The highest BCUT2D eigenvalue weighted by molar-refractivity contribution is 5.91. The Morgan fingerprint density at radius 1 is 1.08 bits per heavy atom. The normalized spacial score (nSPS) is 13.2. The van der Waals surface area contributed by atoms with Crippen molar-refractivity contribution in [3.05, 3.63) is 0 Å². The molecule has 0 aromatic carbocycles. The van der Waals surface area contributed by atoms with Gasteiger partial charge >= 0.3 is 5.97 Å². The van der Waals surface area contributed by atoms with E-state index in [1.54, 1.807) is 0 Å². The van der Waals surface area contributed by atoms with Crippen molar-refractivity contribution in [2.45, 2.75) is 52.1 Å². The number of hydrogen-bond acceptors (Lipinski definition) is 5. The zero-order valence-corrected chi connectivity index (χ0v) is 16.2. The minimum atomic E-state index is -1.18. The van der Waals surface area contributed by atoms with Crippen molar-refractivity contribution in [2.75, 3.05) is 27.3 Å². The van der Waals surface area contributed by atoms with Crippen LogP contribution in [0.2, 0.25) is 0 Å². The van der Waals surface area contributed by atoms with E-state index in [9.17, 15) is 19.2 Å². The number of rotatable bonds is 12. The summed E-state index contributed by atoms with van der Waals surface area (Å²) in [5.41, 5.74) is 5.42. The number of nitrogens with two attached hydrogens (primary N) is 1. The summed E-state index contributed by atoms with van der Waals surface area (Å²) in [5.74, 6) is -2.47. The summed E-state index contributed by atoms with van der Waals surface area (Å²) in [6.07, 6.45) is 1.23. The van der Waals surface area contributed by atoms with E-state index < -0.39 is 36.5 Å². The second-order valence-electron chi connectivity index (χ2n) is 6.68. The Labute approximate surface area is 154 Å². The number of carbonyl (C=O) groups excluding carboxylic acids is 3. The van der Waals surface area contributed by atoms with Gasteiger partial charge in [-0.05, 0) is 18.8 Å². The predicted molar refractivity (Wildman–Crippen MR) is 95.1 cm³/mol. The SMILES string of the molecule is CCCC(=O)N(C)[C@H](COCC(=O)O)C(=O)N(C)[C@@H](CC(C)C)C(N)=O. The van der Waals surface area contributed by atoms with E-state index in [2.05, 4.69) is 0 Å². The number of aliphatic carboxylic acids is 1. The molecule has 150 valence electrons. The van der Waals surface area contributed by atoms with Crippen LogP contribution in [0.4, 0.5) is 0 Å². The van der Waals surface area contributed by atoms with E-state index >= 15 is 0 Å². The van der Waals surface area contributed by atoms with Crippen LogP contribution in [0.5, 0.6) is 0 Å². The van der Waals surface area contributed by atoms with Crippen LogP contribution in [0.1, 0.15) is 40.0 Å². The number of carboxylic acid groups (broad SMARTS) is 1. The van der Waals surface area contributed by atoms with Crippen LogP contribution >= 0.6 is 0 Å². The van der Waals surface area contributed by atoms with Gasteiger partial charge in [-0.25, -0.2) is 4.79 Å². The maximum absolute atomic E-state index is 12.9. The first-order valence-corrected chi connectivity index (χ1v) is 8.64. The van der Waals surface area contributed by atoms with Crippen LogP contribution in [-0.4, -0.2) is 78.0 Å². The standard InChI is InChI=1S/C17H31N3O6/c1-6-7-14(21)19(4)13(9-26-10-15(22)23)17(25)20(5)12(16(18)24)8-11(2)3/h11-13H,6-10H2,1-5H3,(H2,18,24)(H,22,23)/t12-,13+/m0/s1. The van der Waals surface area contributed by atoms with E-state index in [4.69, 9.17) is 15.6 Å². The summed E-state index contributed by atoms with van der Waals surface area (Å²) in [6.45, 7) is 4.77. The quantitative estimate of drug-likeness (QED) is 0.498. The van der Waals surface area contributed by atoms with Gasteiger partial charge in [-0.3, -0.25) is 14.4 Å². The Morgan fingerprint density at radius 3 is 2.08 bits per heavy atom. The molecule has 0 aliphatic rings. The first-order chi connectivity index (χ1) is 12.0. The summed E-state index contributed by atoms with van der Waals surface area (Å²) >= 11 is 0. The molecule has 0 aromatic rings. The fourth-order valence-corrected chi connectivity index (χ4v) is 2.47. The van der Waals surface area contributed by atoms with Gasteiger partial charge in [-0.2, -0.15) is 0 Å². The van der Waals surface area contributed by atoms with Crippen LogP contribution in [-0.2, 0) is 23.9 Å². The molecule has 0 aliphatic carbocycles. The highest BCUT2D eigenvalue weighted by Crippen LogP contribution is 2.14. The van der Waals surface area contributed by atoms with Crippen molar-refractivity contribution < 1.29 is 29.0 Å². The lowest BCUT2D eigenvalue weighted by Crippen LogP contribution is -2.55. The fourth-order valence-electron chi connectivity index (χ4n) is 2.47. The number of hydrogen-bond donors (Lipinski definition) is 2. The molecular weight excluding hydrogens is 342 g/mol.